The van der Waals surface area contributed by atoms with Gasteiger partial charge in [-0.15, -0.1) is 11.8 Å². The van der Waals surface area contributed by atoms with Crippen LogP contribution in [-0.4, -0.2) is 13.6 Å². The van der Waals surface area contributed by atoms with E-state index in [1.807, 2.05) is 23.9 Å². The number of rotatable bonds is 4. The molecule has 0 amide bonds. The zero-order valence-electron chi connectivity index (χ0n) is 11.7. The van der Waals surface area contributed by atoms with Crippen LogP contribution in [0.5, 0.6) is 11.5 Å². The number of para-hydroxylation sites is 2. The summed E-state index contributed by atoms with van der Waals surface area (Å²) >= 11 is 1.93. The Kier molecular flexibility index (Phi) is 4.28. The Morgan fingerprint density at radius 3 is 2.65 bits per heavy atom. The summed E-state index contributed by atoms with van der Waals surface area (Å²) < 4.78 is 6.11. The first-order valence-corrected chi connectivity index (χ1v) is 8.06. The first kappa shape index (κ1) is 13.5. The van der Waals surface area contributed by atoms with Gasteiger partial charge < -0.3 is 10.1 Å². The average Bonchev–Trinajstić information content (AvgIpc) is 2.64. The summed E-state index contributed by atoms with van der Waals surface area (Å²) in [7, 11) is 2.13. The lowest BCUT2D eigenvalue weighted by molar-refractivity contribution is -0.627. The van der Waals surface area contributed by atoms with E-state index in [2.05, 4.69) is 48.8 Å². The van der Waals surface area contributed by atoms with Gasteiger partial charge in [-0.3, -0.25) is 0 Å². The molecule has 3 heteroatoms. The van der Waals surface area contributed by atoms with Gasteiger partial charge in [0.05, 0.1) is 18.5 Å². The van der Waals surface area contributed by atoms with Crippen molar-refractivity contribution < 1.29 is 10.1 Å². The van der Waals surface area contributed by atoms with E-state index in [1.54, 1.807) is 0 Å². The number of benzene rings is 2. The molecule has 1 atom stereocenters. The smallest absolute Gasteiger partial charge is 0.141 e. The number of quaternary nitrogens is 1. The second kappa shape index (κ2) is 6.33. The van der Waals surface area contributed by atoms with Crippen molar-refractivity contribution in [2.75, 3.05) is 13.6 Å². The first-order valence-electron chi connectivity index (χ1n) is 7.19. The van der Waals surface area contributed by atoms with Gasteiger partial charge in [-0.1, -0.05) is 30.3 Å². The molecular weight excluding hydrogens is 266 g/mol. The van der Waals surface area contributed by atoms with Crippen molar-refractivity contribution in [1.29, 1.82) is 0 Å². The normalized spacial score (nSPS) is 16.8. The lowest BCUT2D eigenvalue weighted by Crippen LogP contribution is -2.79. The monoisotopic (exact) mass is 286 g/mol. The van der Waals surface area contributed by atoms with Crippen LogP contribution in [0.2, 0.25) is 0 Å². The Morgan fingerprint density at radius 1 is 1.05 bits per heavy atom. The Bertz CT molecular complexity index is 585. The minimum absolute atomic E-state index is 0.481. The second-order valence-electron chi connectivity index (χ2n) is 5.03. The Balaban J connectivity index is 1.93. The highest BCUT2D eigenvalue weighted by Crippen LogP contribution is 2.49. The Morgan fingerprint density at radius 2 is 1.80 bits per heavy atom. The first-order chi connectivity index (χ1) is 9.88. The van der Waals surface area contributed by atoms with Gasteiger partial charge >= 0.3 is 0 Å². The van der Waals surface area contributed by atoms with Gasteiger partial charge in [0.25, 0.3) is 0 Å². The third-order valence-corrected chi connectivity index (χ3v) is 4.93. The molecule has 0 saturated carbocycles. The molecule has 20 heavy (non-hydrogen) atoms. The fourth-order valence-electron chi connectivity index (χ4n) is 2.53. The predicted molar refractivity (Wildman–Crippen MR) is 83.5 cm³/mol. The predicted octanol–water partition coefficient (Wildman–Crippen LogP) is 3.60. The van der Waals surface area contributed by atoms with Crippen LogP contribution in [0.15, 0.2) is 53.4 Å². The number of thioether (sulfide) groups is 1. The quantitative estimate of drug-likeness (QED) is 0.869. The maximum atomic E-state index is 6.11. The Hall–Kier alpha value is -1.45. The molecule has 0 aliphatic carbocycles. The molecule has 0 fully saturated rings. The molecule has 0 radical (unpaired) electrons. The molecule has 104 valence electrons. The van der Waals surface area contributed by atoms with E-state index in [-0.39, 0.29) is 0 Å². The van der Waals surface area contributed by atoms with Crippen LogP contribution in [0.4, 0.5) is 0 Å². The van der Waals surface area contributed by atoms with Crippen LogP contribution >= 0.6 is 11.8 Å². The number of ether oxygens (including phenoxy) is 1. The number of nitrogens with two attached hydrogens (primary N) is 1. The molecule has 0 aromatic heterocycles. The standard InChI is InChI=1S/C17H19NOS/c1-18-12-6-11-16-13-7-2-3-8-14(13)19-15-9-4-5-10-17(15)20-16/h2-5,7-10,16,18H,6,11-12H2,1H3/p+1/t16-/m0/s1. The zero-order valence-corrected chi connectivity index (χ0v) is 12.5. The van der Waals surface area contributed by atoms with Gasteiger partial charge in [-0.05, 0) is 31.0 Å². The molecular formula is C17H20NOS+. The fourth-order valence-corrected chi connectivity index (χ4v) is 3.82. The van der Waals surface area contributed by atoms with Crippen molar-refractivity contribution in [3.05, 3.63) is 54.1 Å². The fraction of sp³-hybridized carbons (Fsp3) is 0.294. The summed E-state index contributed by atoms with van der Waals surface area (Å²) in [6.45, 7) is 1.18. The van der Waals surface area contributed by atoms with Crippen molar-refractivity contribution >= 4 is 11.8 Å². The maximum Gasteiger partial charge on any atom is 0.141 e. The van der Waals surface area contributed by atoms with E-state index < -0.39 is 0 Å². The van der Waals surface area contributed by atoms with Gasteiger partial charge in [0, 0.05) is 10.8 Å². The van der Waals surface area contributed by atoms with E-state index in [9.17, 15) is 0 Å². The molecule has 0 unspecified atom stereocenters. The van der Waals surface area contributed by atoms with Crippen LogP contribution < -0.4 is 10.1 Å². The van der Waals surface area contributed by atoms with Crippen molar-refractivity contribution in [1.82, 2.24) is 0 Å². The topological polar surface area (TPSA) is 25.8 Å². The number of fused-ring (bicyclic) bond motifs is 2. The molecule has 2 nitrogen and oxygen atoms in total. The van der Waals surface area contributed by atoms with E-state index in [4.69, 9.17) is 4.74 Å². The SMILES string of the molecule is C[NH2+]CCC[C@@H]1Sc2ccccc2Oc2ccccc21. The largest absolute Gasteiger partial charge is 0.456 e. The second-order valence-corrected chi connectivity index (χ2v) is 6.28. The van der Waals surface area contributed by atoms with Crippen molar-refractivity contribution in [2.24, 2.45) is 0 Å². The molecule has 1 aliphatic heterocycles. The summed E-state index contributed by atoms with van der Waals surface area (Å²) in [5, 5.41) is 2.73. The lowest BCUT2D eigenvalue weighted by atomic mass is 10.1. The zero-order chi connectivity index (χ0) is 13.8. The van der Waals surface area contributed by atoms with Gasteiger partial charge in [0.2, 0.25) is 0 Å². The summed E-state index contributed by atoms with van der Waals surface area (Å²) in [5.74, 6) is 1.99. The van der Waals surface area contributed by atoms with E-state index in [0.717, 1.165) is 11.5 Å². The molecule has 1 aliphatic rings. The Labute approximate surface area is 124 Å². The van der Waals surface area contributed by atoms with Gasteiger partial charge in [0.15, 0.2) is 0 Å². The molecule has 2 N–H and O–H groups in total. The van der Waals surface area contributed by atoms with Gasteiger partial charge in [-0.25, -0.2) is 0 Å². The molecule has 1 heterocycles. The highest BCUT2D eigenvalue weighted by atomic mass is 32.2. The van der Waals surface area contributed by atoms with Gasteiger partial charge in [0.1, 0.15) is 11.5 Å². The minimum Gasteiger partial charge on any atom is -0.456 e. The van der Waals surface area contributed by atoms with Crippen LogP contribution in [0.25, 0.3) is 0 Å². The molecule has 2 aromatic carbocycles. The van der Waals surface area contributed by atoms with E-state index in [1.165, 1.54) is 29.8 Å². The van der Waals surface area contributed by atoms with Crippen LogP contribution in [0.1, 0.15) is 23.7 Å². The average molecular weight is 286 g/mol. The summed E-state index contributed by atoms with van der Waals surface area (Å²) in [6, 6.07) is 16.8. The number of hydrogen-bond acceptors (Lipinski definition) is 2. The molecule has 3 rings (SSSR count). The van der Waals surface area contributed by atoms with Crippen molar-refractivity contribution in [3.8, 4) is 11.5 Å². The van der Waals surface area contributed by atoms with E-state index in [0.29, 0.717) is 5.25 Å². The van der Waals surface area contributed by atoms with Crippen molar-refractivity contribution in [3.63, 3.8) is 0 Å². The highest BCUT2D eigenvalue weighted by Gasteiger charge is 2.23. The molecule has 0 bridgehead atoms. The third-order valence-electron chi connectivity index (χ3n) is 3.56. The lowest BCUT2D eigenvalue weighted by Gasteiger charge is -2.15. The van der Waals surface area contributed by atoms with Crippen LogP contribution in [0, 0.1) is 0 Å². The van der Waals surface area contributed by atoms with Crippen LogP contribution in [-0.2, 0) is 0 Å². The van der Waals surface area contributed by atoms with Crippen molar-refractivity contribution in [2.45, 2.75) is 23.0 Å². The molecule has 2 aromatic rings. The number of hydrogen-bond donors (Lipinski definition) is 1. The summed E-state index contributed by atoms with van der Waals surface area (Å²) in [4.78, 5) is 1.24. The minimum atomic E-state index is 0.481. The summed E-state index contributed by atoms with van der Waals surface area (Å²) in [5.41, 5.74) is 1.32. The maximum absolute atomic E-state index is 6.11. The molecule has 0 spiro atoms. The highest BCUT2D eigenvalue weighted by molar-refractivity contribution is 7.99. The third kappa shape index (κ3) is 2.84. The van der Waals surface area contributed by atoms with Crippen LogP contribution in [0.3, 0.4) is 0 Å². The van der Waals surface area contributed by atoms with Gasteiger partial charge in [-0.2, -0.15) is 0 Å². The summed E-state index contributed by atoms with van der Waals surface area (Å²) in [6.07, 6.45) is 2.41. The molecule has 0 saturated heterocycles. The van der Waals surface area contributed by atoms with E-state index >= 15 is 0 Å².